The zero-order valence-corrected chi connectivity index (χ0v) is 14.2. The second-order valence-corrected chi connectivity index (χ2v) is 7.17. The van der Waals surface area contributed by atoms with Gasteiger partial charge in [-0.05, 0) is 50.4 Å². The van der Waals surface area contributed by atoms with Crippen molar-refractivity contribution in [3.8, 4) is 0 Å². The highest BCUT2D eigenvalue weighted by molar-refractivity contribution is 7.00. The van der Waals surface area contributed by atoms with Crippen molar-refractivity contribution < 1.29 is 4.74 Å². The summed E-state index contributed by atoms with van der Waals surface area (Å²) in [6.07, 6.45) is 5.40. The molecule has 0 spiro atoms. The lowest BCUT2D eigenvalue weighted by atomic mass is 10.0. The summed E-state index contributed by atoms with van der Waals surface area (Å²) in [5.74, 6) is 0. The summed E-state index contributed by atoms with van der Waals surface area (Å²) in [5, 5.41) is 3.71. The van der Waals surface area contributed by atoms with Crippen LogP contribution in [0.4, 0.5) is 0 Å². The van der Waals surface area contributed by atoms with Crippen LogP contribution in [0.5, 0.6) is 0 Å². The van der Waals surface area contributed by atoms with Crippen LogP contribution in [0, 0.1) is 0 Å². The minimum Gasteiger partial charge on any atom is -0.377 e. The second kappa shape index (κ2) is 7.21. The van der Waals surface area contributed by atoms with Gasteiger partial charge in [-0.25, -0.2) is 0 Å². The first-order chi connectivity index (χ1) is 11.4. The molecule has 2 saturated heterocycles. The molecular formula is C17H24N4OS. The molecule has 0 amide bonds. The number of nitrogens with one attached hydrogen (secondary N) is 1. The van der Waals surface area contributed by atoms with Crippen molar-refractivity contribution >= 4 is 22.8 Å². The SMILES string of the molecule is c1cc(CNC2CCN(CC3CCCO3)CC2)c2nsnc2c1. The molecule has 0 aliphatic carbocycles. The van der Waals surface area contributed by atoms with Crippen molar-refractivity contribution in [3.05, 3.63) is 23.8 Å². The van der Waals surface area contributed by atoms with Crippen molar-refractivity contribution in [1.82, 2.24) is 19.0 Å². The van der Waals surface area contributed by atoms with Crippen molar-refractivity contribution in [3.63, 3.8) is 0 Å². The molecule has 2 aliphatic heterocycles. The van der Waals surface area contributed by atoms with E-state index in [1.165, 1.54) is 56.1 Å². The maximum absolute atomic E-state index is 5.75. The number of nitrogens with zero attached hydrogens (tertiary/aromatic N) is 3. The second-order valence-electron chi connectivity index (χ2n) is 6.64. The highest BCUT2D eigenvalue weighted by Crippen LogP contribution is 2.19. The van der Waals surface area contributed by atoms with Gasteiger partial charge in [-0.15, -0.1) is 0 Å². The molecule has 0 bridgehead atoms. The van der Waals surface area contributed by atoms with Crippen LogP contribution < -0.4 is 5.32 Å². The van der Waals surface area contributed by atoms with Crippen LogP contribution in [-0.4, -0.2) is 52.0 Å². The fourth-order valence-corrected chi connectivity index (χ4v) is 4.22. The standard InChI is InChI=1S/C17H24N4OS/c1-3-13(17-16(5-1)19-23-20-17)11-18-14-6-8-21(9-7-14)12-15-4-2-10-22-15/h1,3,5,14-15,18H,2,4,6-12H2. The normalized spacial score (nSPS) is 23.7. The first-order valence-electron chi connectivity index (χ1n) is 8.66. The summed E-state index contributed by atoms with van der Waals surface area (Å²) in [6.45, 7) is 5.33. The fraction of sp³-hybridized carbons (Fsp3) is 0.647. The molecule has 0 saturated carbocycles. The van der Waals surface area contributed by atoms with Gasteiger partial charge < -0.3 is 15.0 Å². The number of ether oxygens (including phenoxy) is 1. The van der Waals surface area contributed by atoms with Gasteiger partial charge >= 0.3 is 0 Å². The summed E-state index contributed by atoms with van der Waals surface area (Å²) in [5.41, 5.74) is 3.33. The van der Waals surface area contributed by atoms with Crippen LogP contribution in [0.2, 0.25) is 0 Å². The average Bonchev–Trinajstić information content (AvgIpc) is 3.25. The predicted octanol–water partition coefficient (Wildman–Crippen LogP) is 2.42. The number of aromatic nitrogens is 2. The maximum Gasteiger partial charge on any atom is 0.109 e. The minimum absolute atomic E-state index is 0.481. The monoisotopic (exact) mass is 332 g/mol. The average molecular weight is 332 g/mol. The Kier molecular flexibility index (Phi) is 4.85. The molecule has 3 heterocycles. The molecule has 4 rings (SSSR count). The summed E-state index contributed by atoms with van der Waals surface area (Å²) in [7, 11) is 0. The van der Waals surface area contributed by atoms with Gasteiger partial charge in [0.15, 0.2) is 0 Å². The molecule has 23 heavy (non-hydrogen) atoms. The maximum atomic E-state index is 5.75. The number of benzene rings is 1. The lowest BCUT2D eigenvalue weighted by Crippen LogP contribution is -2.44. The number of hydrogen-bond donors (Lipinski definition) is 1. The van der Waals surface area contributed by atoms with E-state index >= 15 is 0 Å². The Morgan fingerprint density at radius 3 is 2.96 bits per heavy atom. The van der Waals surface area contributed by atoms with Crippen molar-refractivity contribution in [2.24, 2.45) is 0 Å². The summed E-state index contributed by atoms with van der Waals surface area (Å²) >= 11 is 1.30. The first-order valence-corrected chi connectivity index (χ1v) is 9.39. The number of hydrogen-bond acceptors (Lipinski definition) is 6. The number of likely N-dealkylation sites (tertiary alicyclic amines) is 1. The number of fused-ring (bicyclic) bond motifs is 1. The predicted molar refractivity (Wildman–Crippen MR) is 92.7 cm³/mol. The zero-order chi connectivity index (χ0) is 15.5. The molecular weight excluding hydrogens is 308 g/mol. The molecule has 1 aromatic carbocycles. The van der Waals surface area contributed by atoms with Gasteiger partial charge in [0, 0.05) is 25.7 Å². The van der Waals surface area contributed by atoms with Crippen LogP contribution in [0.25, 0.3) is 11.0 Å². The van der Waals surface area contributed by atoms with E-state index in [-0.39, 0.29) is 0 Å². The van der Waals surface area contributed by atoms with Crippen molar-refractivity contribution in [2.75, 3.05) is 26.2 Å². The Bertz CT molecular complexity index is 632. The van der Waals surface area contributed by atoms with Gasteiger partial charge in [0.1, 0.15) is 11.0 Å². The van der Waals surface area contributed by atoms with Gasteiger partial charge in [0.25, 0.3) is 0 Å². The number of piperidine rings is 1. The van der Waals surface area contributed by atoms with E-state index in [1.807, 2.05) is 6.07 Å². The molecule has 1 N–H and O–H groups in total. The Hall–Kier alpha value is -1.08. The highest BCUT2D eigenvalue weighted by Gasteiger charge is 2.23. The lowest BCUT2D eigenvalue weighted by Gasteiger charge is -2.33. The zero-order valence-electron chi connectivity index (χ0n) is 13.4. The van der Waals surface area contributed by atoms with Gasteiger partial charge in [-0.1, -0.05) is 12.1 Å². The molecule has 1 atom stereocenters. The van der Waals surface area contributed by atoms with Crippen LogP contribution in [0.3, 0.4) is 0 Å². The molecule has 2 aliphatic rings. The smallest absolute Gasteiger partial charge is 0.109 e. The van der Waals surface area contributed by atoms with Crippen molar-refractivity contribution in [2.45, 2.75) is 44.4 Å². The fourth-order valence-electron chi connectivity index (χ4n) is 3.65. The Morgan fingerprint density at radius 1 is 1.22 bits per heavy atom. The number of rotatable bonds is 5. The van der Waals surface area contributed by atoms with Gasteiger partial charge in [-0.3, -0.25) is 0 Å². The Balaban J connectivity index is 1.25. The van der Waals surface area contributed by atoms with E-state index in [1.54, 1.807) is 0 Å². The molecule has 2 fully saturated rings. The van der Waals surface area contributed by atoms with E-state index in [0.29, 0.717) is 12.1 Å². The minimum atomic E-state index is 0.481. The summed E-state index contributed by atoms with van der Waals surface area (Å²) in [4.78, 5) is 2.57. The largest absolute Gasteiger partial charge is 0.377 e. The van der Waals surface area contributed by atoms with E-state index in [2.05, 4.69) is 31.1 Å². The van der Waals surface area contributed by atoms with E-state index in [9.17, 15) is 0 Å². The van der Waals surface area contributed by atoms with Crippen LogP contribution >= 0.6 is 11.7 Å². The quantitative estimate of drug-likeness (QED) is 0.911. The molecule has 2 aromatic rings. The van der Waals surface area contributed by atoms with Crippen LogP contribution in [0.15, 0.2) is 18.2 Å². The third-order valence-electron chi connectivity index (χ3n) is 5.02. The highest BCUT2D eigenvalue weighted by atomic mass is 32.1. The first kappa shape index (κ1) is 15.4. The Labute approximate surface area is 141 Å². The van der Waals surface area contributed by atoms with E-state index in [4.69, 9.17) is 4.74 Å². The van der Waals surface area contributed by atoms with Gasteiger partial charge in [0.05, 0.1) is 17.8 Å². The molecule has 1 aromatic heterocycles. The summed E-state index contributed by atoms with van der Waals surface area (Å²) in [6, 6.07) is 6.87. The molecule has 6 heteroatoms. The van der Waals surface area contributed by atoms with E-state index < -0.39 is 0 Å². The topological polar surface area (TPSA) is 50.3 Å². The molecule has 1 unspecified atom stereocenters. The van der Waals surface area contributed by atoms with Crippen LogP contribution in [0.1, 0.15) is 31.2 Å². The Morgan fingerprint density at radius 2 is 2.13 bits per heavy atom. The lowest BCUT2D eigenvalue weighted by molar-refractivity contribution is 0.0627. The van der Waals surface area contributed by atoms with E-state index in [0.717, 1.165) is 30.7 Å². The van der Waals surface area contributed by atoms with Crippen LogP contribution in [-0.2, 0) is 11.3 Å². The summed E-state index contributed by atoms with van der Waals surface area (Å²) < 4.78 is 14.5. The third-order valence-corrected chi connectivity index (χ3v) is 5.57. The van der Waals surface area contributed by atoms with Gasteiger partial charge in [0.2, 0.25) is 0 Å². The molecule has 0 radical (unpaired) electrons. The third kappa shape index (κ3) is 3.71. The van der Waals surface area contributed by atoms with Crippen molar-refractivity contribution in [1.29, 1.82) is 0 Å². The molecule has 124 valence electrons. The molecule has 5 nitrogen and oxygen atoms in total. The van der Waals surface area contributed by atoms with Gasteiger partial charge in [-0.2, -0.15) is 8.75 Å².